The van der Waals surface area contributed by atoms with Crippen molar-refractivity contribution in [2.24, 2.45) is 7.05 Å². The third-order valence-electron chi connectivity index (χ3n) is 3.09. The van der Waals surface area contributed by atoms with Crippen molar-refractivity contribution in [3.8, 4) is 22.5 Å². The fraction of sp³-hybridized carbons (Fsp3) is 0.143. The Kier molecular flexibility index (Phi) is 3.02. The van der Waals surface area contributed by atoms with Gasteiger partial charge in [0.1, 0.15) is 23.0 Å². The van der Waals surface area contributed by atoms with Gasteiger partial charge in [-0.1, -0.05) is 12.1 Å². The number of hydrogen-bond acceptors (Lipinski definition) is 4. The predicted octanol–water partition coefficient (Wildman–Crippen LogP) is 3.24. The molecule has 2 heterocycles. The molecule has 3 rings (SSSR count). The first-order valence-corrected chi connectivity index (χ1v) is 6.95. The number of aromatic nitrogens is 3. The van der Waals surface area contributed by atoms with E-state index in [1.165, 1.54) is 12.1 Å². The summed E-state index contributed by atoms with van der Waals surface area (Å²) in [6.07, 6.45) is 0. The average molecular weight is 288 g/mol. The lowest BCUT2D eigenvalue weighted by Gasteiger charge is -2.02. The van der Waals surface area contributed by atoms with Crippen LogP contribution >= 0.6 is 11.3 Å². The van der Waals surface area contributed by atoms with Gasteiger partial charge in [-0.25, -0.2) is 9.37 Å². The van der Waals surface area contributed by atoms with Crippen molar-refractivity contribution < 1.29 is 4.39 Å². The molecule has 102 valence electrons. The lowest BCUT2D eigenvalue weighted by atomic mass is 10.0. The number of rotatable bonds is 2. The number of hydrogen-bond donors (Lipinski definition) is 1. The van der Waals surface area contributed by atoms with E-state index in [4.69, 9.17) is 5.73 Å². The molecule has 0 aliphatic heterocycles. The summed E-state index contributed by atoms with van der Waals surface area (Å²) in [5.74, 6) is 0.263. The first-order chi connectivity index (χ1) is 9.56. The standard InChI is InChI=1S/C14H13FN4S/c1-8-17-11(7-20-8)13-12(14(16)19(2)18-13)9-3-5-10(15)6-4-9/h3-7H,16H2,1-2H3. The second-order valence-corrected chi connectivity index (χ2v) is 5.55. The number of nitrogens with two attached hydrogens (primary N) is 1. The molecule has 0 saturated carbocycles. The fourth-order valence-electron chi connectivity index (χ4n) is 2.09. The van der Waals surface area contributed by atoms with Gasteiger partial charge in [0, 0.05) is 12.4 Å². The Balaban J connectivity index is 2.21. The van der Waals surface area contributed by atoms with E-state index in [0.29, 0.717) is 5.82 Å². The van der Waals surface area contributed by atoms with Gasteiger partial charge in [0.25, 0.3) is 0 Å². The summed E-state index contributed by atoms with van der Waals surface area (Å²) in [6, 6.07) is 6.23. The summed E-state index contributed by atoms with van der Waals surface area (Å²) in [4.78, 5) is 4.45. The van der Waals surface area contributed by atoms with E-state index < -0.39 is 0 Å². The monoisotopic (exact) mass is 288 g/mol. The molecule has 0 amide bonds. The average Bonchev–Trinajstić information content (AvgIpc) is 2.97. The fourth-order valence-corrected chi connectivity index (χ4v) is 2.69. The van der Waals surface area contributed by atoms with Gasteiger partial charge in [0.15, 0.2) is 0 Å². The molecule has 2 N–H and O–H groups in total. The first kappa shape index (κ1) is 12.8. The van der Waals surface area contributed by atoms with Gasteiger partial charge < -0.3 is 5.73 Å². The van der Waals surface area contributed by atoms with Gasteiger partial charge in [-0.05, 0) is 24.6 Å². The second kappa shape index (κ2) is 4.72. The molecule has 1 aromatic carbocycles. The van der Waals surface area contributed by atoms with E-state index >= 15 is 0 Å². The summed E-state index contributed by atoms with van der Waals surface area (Å²) in [5, 5.41) is 7.35. The van der Waals surface area contributed by atoms with Gasteiger partial charge >= 0.3 is 0 Å². The van der Waals surface area contributed by atoms with Gasteiger partial charge in [-0.15, -0.1) is 11.3 Å². The Hall–Kier alpha value is -2.21. The van der Waals surface area contributed by atoms with Crippen molar-refractivity contribution in [1.82, 2.24) is 14.8 Å². The van der Waals surface area contributed by atoms with Crippen molar-refractivity contribution in [2.75, 3.05) is 5.73 Å². The third-order valence-corrected chi connectivity index (χ3v) is 3.86. The van der Waals surface area contributed by atoms with Crippen LogP contribution in [0.5, 0.6) is 0 Å². The molecule has 0 atom stereocenters. The molecule has 3 aromatic rings. The van der Waals surface area contributed by atoms with Crippen LogP contribution in [0.3, 0.4) is 0 Å². The lowest BCUT2D eigenvalue weighted by molar-refractivity contribution is 0.628. The van der Waals surface area contributed by atoms with Crippen LogP contribution in [-0.2, 0) is 7.05 Å². The summed E-state index contributed by atoms with van der Waals surface area (Å²) in [7, 11) is 1.78. The summed E-state index contributed by atoms with van der Waals surface area (Å²) in [5.41, 5.74) is 9.23. The van der Waals surface area contributed by atoms with Gasteiger partial charge in [0.05, 0.1) is 10.6 Å². The molecule has 0 bridgehead atoms. The highest BCUT2D eigenvalue weighted by Gasteiger charge is 2.19. The SMILES string of the molecule is Cc1nc(-c2nn(C)c(N)c2-c2ccc(F)cc2)cs1. The van der Waals surface area contributed by atoms with Crippen LogP contribution in [-0.4, -0.2) is 14.8 Å². The third kappa shape index (κ3) is 2.08. The first-order valence-electron chi connectivity index (χ1n) is 6.07. The zero-order chi connectivity index (χ0) is 14.3. The van der Waals surface area contributed by atoms with Crippen molar-refractivity contribution in [1.29, 1.82) is 0 Å². The van der Waals surface area contributed by atoms with Crippen LogP contribution in [0.4, 0.5) is 10.2 Å². The van der Waals surface area contributed by atoms with Crippen LogP contribution in [0.15, 0.2) is 29.6 Å². The van der Waals surface area contributed by atoms with E-state index in [-0.39, 0.29) is 5.82 Å². The Bertz CT molecular complexity index is 758. The van der Waals surface area contributed by atoms with Gasteiger partial charge in [-0.2, -0.15) is 5.10 Å². The zero-order valence-electron chi connectivity index (χ0n) is 11.1. The van der Waals surface area contributed by atoms with E-state index in [1.54, 1.807) is 35.2 Å². The second-order valence-electron chi connectivity index (χ2n) is 4.49. The number of anilines is 1. The summed E-state index contributed by atoms with van der Waals surface area (Å²) < 4.78 is 14.7. The molecule has 0 radical (unpaired) electrons. The van der Waals surface area contributed by atoms with E-state index in [9.17, 15) is 4.39 Å². The van der Waals surface area contributed by atoms with Crippen LogP contribution in [0.25, 0.3) is 22.5 Å². The van der Waals surface area contributed by atoms with Gasteiger partial charge in [0.2, 0.25) is 0 Å². The molecule has 0 spiro atoms. The van der Waals surface area contributed by atoms with E-state index in [0.717, 1.165) is 27.5 Å². The number of nitrogens with zero attached hydrogens (tertiary/aromatic N) is 3. The molecule has 0 aliphatic carbocycles. The lowest BCUT2D eigenvalue weighted by Crippen LogP contribution is -1.97. The summed E-state index contributed by atoms with van der Waals surface area (Å²) >= 11 is 1.56. The van der Waals surface area contributed by atoms with Crippen molar-refractivity contribution in [3.63, 3.8) is 0 Å². The number of benzene rings is 1. The molecule has 6 heteroatoms. The van der Waals surface area contributed by atoms with E-state index in [1.807, 2.05) is 12.3 Å². The molecule has 0 aliphatic rings. The quantitative estimate of drug-likeness (QED) is 0.787. The molecular formula is C14H13FN4S. The molecule has 0 unspecified atom stereocenters. The Morgan fingerprint density at radius 1 is 1.25 bits per heavy atom. The maximum Gasteiger partial charge on any atom is 0.129 e. The Morgan fingerprint density at radius 2 is 1.95 bits per heavy atom. The molecule has 2 aromatic heterocycles. The minimum atomic E-state index is -0.276. The van der Waals surface area contributed by atoms with Crippen LogP contribution < -0.4 is 5.73 Å². The zero-order valence-corrected chi connectivity index (χ0v) is 11.9. The number of aryl methyl sites for hydroxylation is 2. The Morgan fingerprint density at radius 3 is 2.55 bits per heavy atom. The maximum atomic E-state index is 13.1. The topological polar surface area (TPSA) is 56.7 Å². The van der Waals surface area contributed by atoms with Gasteiger partial charge in [-0.3, -0.25) is 4.68 Å². The van der Waals surface area contributed by atoms with Crippen molar-refractivity contribution in [3.05, 3.63) is 40.5 Å². The number of thiazole rings is 1. The number of halogens is 1. The predicted molar refractivity (Wildman–Crippen MR) is 78.9 cm³/mol. The summed E-state index contributed by atoms with van der Waals surface area (Å²) in [6.45, 7) is 1.94. The smallest absolute Gasteiger partial charge is 0.129 e. The maximum absolute atomic E-state index is 13.1. The molecule has 0 fully saturated rings. The van der Waals surface area contributed by atoms with Crippen molar-refractivity contribution in [2.45, 2.75) is 6.92 Å². The highest BCUT2D eigenvalue weighted by molar-refractivity contribution is 7.09. The molecule has 0 saturated heterocycles. The Labute approximate surface area is 119 Å². The highest BCUT2D eigenvalue weighted by Crippen LogP contribution is 2.36. The van der Waals surface area contributed by atoms with Crippen molar-refractivity contribution >= 4 is 17.2 Å². The highest BCUT2D eigenvalue weighted by atomic mass is 32.1. The van der Waals surface area contributed by atoms with Crippen LogP contribution in [0.1, 0.15) is 5.01 Å². The molecule has 20 heavy (non-hydrogen) atoms. The van der Waals surface area contributed by atoms with Crippen LogP contribution in [0.2, 0.25) is 0 Å². The largest absolute Gasteiger partial charge is 0.383 e. The number of nitrogen functional groups attached to an aromatic ring is 1. The minimum absolute atomic E-state index is 0.276. The van der Waals surface area contributed by atoms with Crippen LogP contribution in [0, 0.1) is 12.7 Å². The molecule has 4 nitrogen and oxygen atoms in total. The normalized spacial score (nSPS) is 10.9. The van der Waals surface area contributed by atoms with E-state index in [2.05, 4.69) is 10.1 Å². The minimum Gasteiger partial charge on any atom is -0.383 e. The molecular weight excluding hydrogens is 275 g/mol.